The van der Waals surface area contributed by atoms with Crippen LogP contribution < -0.4 is 0 Å². The van der Waals surface area contributed by atoms with E-state index in [4.69, 9.17) is 17.0 Å². The smallest absolute Gasteiger partial charge is 0.260 e. The Morgan fingerprint density at radius 2 is 2.00 bits per heavy atom. The van der Waals surface area contributed by atoms with Gasteiger partial charge in [-0.05, 0) is 52.8 Å². The van der Waals surface area contributed by atoms with Gasteiger partial charge in [0.25, 0.3) is 5.17 Å². The second-order valence-corrected chi connectivity index (χ2v) is 6.35. The second-order valence-electron chi connectivity index (χ2n) is 6.00. The summed E-state index contributed by atoms with van der Waals surface area (Å²) in [5, 5.41) is 0.688. The third kappa shape index (κ3) is 1.86. The normalized spacial score (nSPS) is 28.3. The van der Waals surface area contributed by atoms with Crippen LogP contribution >= 0.6 is 12.2 Å². The number of rotatable bonds is 0. The molecular weight excluding hydrogens is 206 g/mol. The van der Waals surface area contributed by atoms with Crippen LogP contribution in [-0.2, 0) is 4.74 Å². The highest BCUT2D eigenvalue weighted by atomic mass is 32.1. The van der Waals surface area contributed by atoms with Crippen LogP contribution in [0.3, 0.4) is 0 Å². The highest BCUT2D eigenvalue weighted by Crippen LogP contribution is 2.53. The van der Waals surface area contributed by atoms with Crippen molar-refractivity contribution in [2.75, 3.05) is 6.54 Å². The van der Waals surface area contributed by atoms with Crippen molar-refractivity contribution in [2.45, 2.75) is 58.6 Å². The maximum absolute atomic E-state index is 5.73. The molecule has 1 aliphatic carbocycles. The molecule has 0 amide bonds. The zero-order valence-corrected chi connectivity index (χ0v) is 11.0. The van der Waals surface area contributed by atoms with Gasteiger partial charge in [0.05, 0.1) is 0 Å². The molecule has 1 unspecified atom stereocenters. The lowest BCUT2D eigenvalue weighted by molar-refractivity contribution is -0.0912. The Morgan fingerprint density at radius 3 is 2.33 bits per heavy atom. The van der Waals surface area contributed by atoms with Crippen molar-refractivity contribution in [1.29, 1.82) is 0 Å². The summed E-state index contributed by atoms with van der Waals surface area (Å²) in [4.78, 5) is 2.24. The van der Waals surface area contributed by atoms with E-state index in [1.807, 2.05) is 20.8 Å². The fourth-order valence-corrected chi connectivity index (χ4v) is 3.05. The molecule has 86 valence electrons. The Hall–Kier alpha value is -0.310. The first-order valence-corrected chi connectivity index (χ1v) is 6.25. The van der Waals surface area contributed by atoms with E-state index in [0.717, 1.165) is 6.54 Å². The SMILES string of the molecule is CC1N(C(=S)OC(C)(C)C)CC12CCC2. The fraction of sp³-hybridized carbons (Fsp3) is 0.917. The van der Waals surface area contributed by atoms with E-state index < -0.39 is 0 Å². The molecule has 0 bridgehead atoms. The molecule has 0 aromatic rings. The summed E-state index contributed by atoms with van der Waals surface area (Å²) >= 11 is 5.33. The predicted octanol–water partition coefficient (Wildman–Crippen LogP) is 2.96. The van der Waals surface area contributed by atoms with Gasteiger partial charge in [0, 0.05) is 18.0 Å². The van der Waals surface area contributed by atoms with Gasteiger partial charge in [0.1, 0.15) is 5.60 Å². The van der Waals surface area contributed by atoms with Gasteiger partial charge in [0.15, 0.2) is 0 Å². The molecule has 2 nitrogen and oxygen atoms in total. The Kier molecular flexibility index (Phi) is 2.49. The van der Waals surface area contributed by atoms with E-state index in [1.165, 1.54) is 19.3 Å². The second kappa shape index (κ2) is 3.34. The first-order chi connectivity index (χ1) is 6.84. The number of hydrogen-bond donors (Lipinski definition) is 0. The van der Waals surface area contributed by atoms with Crippen LogP contribution in [0.4, 0.5) is 0 Å². The molecule has 0 aromatic heterocycles. The molecule has 15 heavy (non-hydrogen) atoms. The first kappa shape index (κ1) is 11.2. The quantitative estimate of drug-likeness (QED) is 0.590. The Bertz CT molecular complexity index is 278. The van der Waals surface area contributed by atoms with E-state index in [2.05, 4.69) is 11.8 Å². The fourth-order valence-electron chi connectivity index (χ4n) is 2.58. The number of nitrogens with zero attached hydrogens (tertiary/aromatic N) is 1. The minimum absolute atomic E-state index is 0.167. The van der Waals surface area contributed by atoms with Gasteiger partial charge in [-0.25, -0.2) is 0 Å². The van der Waals surface area contributed by atoms with Crippen LogP contribution in [0.25, 0.3) is 0 Å². The van der Waals surface area contributed by atoms with Crippen molar-refractivity contribution in [3.8, 4) is 0 Å². The van der Waals surface area contributed by atoms with E-state index in [0.29, 0.717) is 16.6 Å². The van der Waals surface area contributed by atoms with Crippen molar-refractivity contribution in [1.82, 2.24) is 4.90 Å². The topological polar surface area (TPSA) is 12.5 Å². The van der Waals surface area contributed by atoms with Gasteiger partial charge in [-0.3, -0.25) is 0 Å². The Labute approximate surface area is 98.0 Å². The average Bonchev–Trinajstić information content (AvgIpc) is 1.95. The minimum Gasteiger partial charge on any atom is -0.465 e. The number of likely N-dealkylation sites (tertiary alicyclic amines) is 1. The number of ether oxygens (including phenoxy) is 1. The van der Waals surface area contributed by atoms with Gasteiger partial charge in [-0.1, -0.05) is 6.42 Å². The molecule has 0 radical (unpaired) electrons. The van der Waals surface area contributed by atoms with Gasteiger partial charge in [0.2, 0.25) is 0 Å². The maximum atomic E-state index is 5.73. The standard InChI is InChI=1S/C12H21NOS/c1-9-12(6-5-7-12)8-13(9)10(15)14-11(2,3)4/h9H,5-8H2,1-4H3. The maximum Gasteiger partial charge on any atom is 0.260 e. The summed E-state index contributed by atoms with van der Waals surface area (Å²) in [6.45, 7) is 9.53. The molecule has 2 fully saturated rings. The third-order valence-corrected chi connectivity index (χ3v) is 4.13. The molecule has 1 saturated heterocycles. The van der Waals surface area contributed by atoms with Gasteiger partial charge in [-0.2, -0.15) is 0 Å². The summed E-state index contributed by atoms with van der Waals surface area (Å²) < 4.78 is 5.73. The first-order valence-electron chi connectivity index (χ1n) is 5.84. The molecular formula is C12H21NOS. The van der Waals surface area contributed by atoms with Crippen molar-refractivity contribution < 1.29 is 4.74 Å². The zero-order valence-electron chi connectivity index (χ0n) is 10.2. The summed E-state index contributed by atoms with van der Waals surface area (Å²) in [6.07, 6.45) is 4.15. The molecule has 1 aliphatic heterocycles. The summed E-state index contributed by atoms with van der Waals surface area (Å²) in [7, 11) is 0. The molecule has 1 heterocycles. The molecule has 0 N–H and O–H groups in total. The zero-order chi connectivity index (χ0) is 11.3. The van der Waals surface area contributed by atoms with Crippen molar-refractivity contribution >= 4 is 17.4 Å². The van der Waals surface area contributed by atoms with E-state index in [9.17, 15) is 0 Å². The van der Waals surface area contributed by atoms with Crippen LogP contribution in [0, 0.1) is 5.41 Å². The lowest BCUT2D eigenvalue weighted by Crippen LogP contribution is -2.68. The lowest BCUT2D eigenvalue weighted by Gasteiger charge is -2.62. The van der Waals surface area contributed by atoms with Crippen molar-refractivity contribution in [3.63, 3.8) is 0 Å². The average molecular weight is 227 g/mol. The van der Waals surface area contributed by atoms with Gasteiger partial charge >= 0.3 is 0 Å². The van der Waals surface area contributed by atoms with Crippen molar-refractivity contribution in [3.05, 3.63) is 0 Å². The Balaban J connectivity index is 1.89. The minimum atomic E-state index is -0.167. The van der Waals surface area contributed by atoms with Crippen LogP contribution in [0.5, 0.6) is 0 Å². The van der Waals surface area contributed by atoms with Crippen LogP contribution in [0.1, 0.15) is 47.0 Å². The van der Waals surface area contributed by atoms with Crippen LogP contribution in [0.2, 0.25) is 0 Å². The molecule has 2 aliphatic rings. The molecule has 3 heteroatoms. The summed E-state index contributed by atoms with van der Waals surface area (Å²) in [5.41, 5.74) is 0.421. The highest BCUT2D eigenvalue weighted by Gasteiger charge is 2.54. The summed E-state index contributed by atoms with van der Waals surface area (Å²) in [6, 6.07) is 0.584. The monoisotopic (exact) mass is 227 g/mol. The van der Waals surface area contributed by atoms with Crippen LogP contribution in [-0.4, -0.2) is 28.3 Å². The van der Waals surface area contributed by atoms with E-state index >= 15 is 0 Å². The van der Waals surface area contributed by atoms with Crippen LogP contribution in [0.15, 0.2) is 0 Å². The molecule has 1 atom stereocenters. The Morgan fingerprint density at radius 1 is 1.40 bits per heavy atom. The number of thiocarbonyl (C=S) groups is 1. The molecule has 0 aromatic carbocycles. The summed E-state index contributed by atoms with van der Waals surface area (Å²) in [5.74, 6) is 0. The molecule has 2 rings (SSSR count). The van der Waals surface area contributed by atoms with Gasteiger partial charge in [-0.15, -0.1) is 0 Å². The lowest BCUT2D eigenvalue weighted by atomic mass is 9.59. The third-order valence-electron chi connectivity index (χ3n) is 3.82. The van der Waals surface area contributed by atoms with E-state index in [1.54, 1.807) is 0 Å². The van der Waals surface area contributed by atoms with Crippen molar-refractivity contribution in [2.24, 2.45) is 5.41 Å². The largest absolute Gasteiger partial charge is 0.465 e. The number of hydrogen-bond acceptors (Lipinski definition) is 2. The molecule has 1 saturated carbocycles. The van der Waals surface area contributed by atoms with E-state index in [-0.39, 0.29) is 5.60 Å². The highest BCUT2D eigenvalue weighted by molar-refractivity contribution is 7.80. The molecule has 1 spiro atoms. The predicted molar refractivity (Wildman–Crippen MR) is 65.9 cm³/mol. The van der Waals surface area contributed by atoms with Gasteiger partial charge < -0.3 is 9.64 Å².